The van der Waals surface area contributed by atoms with Crippen molar-refractivity contribution in [2.24, 2.45) is 0 Å². The van der Waals surface area contributed by atoms with Crippen molar-refractivity contribution < 1.29 is 4.79 Å². The fraction of sp³-hybridized carbons (Fsp3) is 0.429. The molecule has 0 aliphatic heterocycles. The summed E-state index contributed by atoms with van der Waals surface area (Å²) in [5.41, 5.74) is 0.997. The molecule has 0 unspecified atom stereocenters. The highest BCUT2D eigenvalue weighted by Crippen LogP contribution is 2.20. The van der Waals surface area contributed by atoms with Crippen LogP contribution in [0.1, 0.15) is 12.0 Å². The lowest BCUT2D eigenvalue weighted by Gasteiger charge is -2.16. The van der Waals surface area contributed by atoms with Crippen molar-refractivity contribution in [1.29, 1.82) is 5.26 Å². The third-order valence-corrected chi connectivity index (χ3v) is 3.07. The molecule has 2 N–H and O–H groups in total. The summed E-state index contributed by atoms with van der Waals surface area (Å²) in [6.07, 6.45) is 0.989. The van der Waals surface area contributed by atoms with E-state index < -0.39 is 0 Å². The summed E-state index contributed by atoms with van der Waals surface area (Å²) in [5.74, 6) is -0.0993. The Morgan fingerprint density at radius 3 is 2.85 bits per heavy atom. The molecule has 1 amide bonds. The first kappa shape index (κ1) is 16.4. The van der Waals surface area contributed by atoms with Gasteiger partial charge in [0.1, 0.15) is 6.07 Å². The highest BCUT2D eigenvalue weighted by atomic mass is 35.5. The number of hydrogen-bond acceptors (Lipinski definition) is 4. The lowest BCUT2D eigenvalue weighted by Crippen LogP contribution is -2.31. The summed E-state index contributed by atoms with van der Waals surface area (Å²) in [5, 5.41) is 15.0. The van der Waals surface area contributed by atoms with Gasteiger partial charge in [-0.2, -0.15) is 5.26 Å². The van der Waals surface area contributed by atoms with Gasteiger partial charge in [0.15, 0.2) is 0 Å². The number of carbonyl (C=O) groups excluding carboxylic acids is 1. The van der Waals surface area contributed by atoms with Crippen molar-refractivity contribution in [3.05, 3.63) is 28.8 Å². The summed E-state index contributed by atoms with van der Waals surface area (Å²) < 4.78 is 0. The molecule has 108 valence electrons. The van der Waals surface area contributed by atoms with Crippen LogP contribution in [0, 0.1) is 11.3 Å². The van der Waals surface area contributed by atoms with Crippen molar-refractivity contribution in [3.63, 3.8) is 0 Å². The Bertz CT molecular complexity index is 498. The van der Waals surface area contributed by atoms with Gasteiger partial charge in [-0.3, -0.25) is 9.69 Å². The maximum Gasteiger partial charge on any atom is 0.238 e. The number of nitrogens with zero attached hydrogens (tertiary/aromatic N) is 2. The molecule has 6 heteroatoms. The van der Waals surface area contributed by atoms with E-state index in [4.69, 9.17) is 16.9 Å². The number of anilines is 1. The maximum atomic E-state index is 11.8. The first-order chi connectivity index (χ1) is 9.56. The van der Waals surface area contributed by atoms with Gasteiger partial charge in [-0.05, 0) is 51.8 Å². The van der Waals surface area contributed by atoms with E-state index in [9.17, 15) is 4.79 Å². The fourth-order valence-electron chi connectivity index (χ4n) is 1.73. The third-order valence-electron chi connectivity index (χ3n) is 2.75. The second-order valence-corrected chi connectivity index (χ2v) is 4.96. The zero-order chi connectivity index (χ0) is 15.0. The number of nitrogens with one attached hydrogen (secondary N) is 2. The van der Waals surface area contributed by atoms with Crippen LogP contribution in [0.5, 0.6) is 0 Å². The van der Waals surface area contributed by atoms with Gasteiger partial charge < -0.3 is 10.6 Å². The summed E-state index contributed by atoms with van der Waals surface area (Å²) in [6, 6.07) is 6.82. The molecule has 0 aliphatic carbocycles. The van der Waals surface area contributed by atoms with E-state index in [2.05, 4.69) is 10.6 Å². The number of halogens is 1. The van der Waals surface area contributed by atoms with Crippen LogP contribution >= 0.6 is 11.6 Å². The Balaban J connectivity index is 2.46. The Morgan fingerprint density at radius 1 is 1.50 bits per heavy atom. The molecule has 0 heterocycles. The molecule has 1 rings (SSSR count). The lowest BCUT2D eigenvalue weighted by molar-refractivity contribution is -0.117. The fourth-order valence-corrected chi connectivity index (χ4v) is 1.96. The van der Waals surface area contributed by atoms with Crippen LogP contribution in [-0.4, -0.2) is 44.5 Å². The van der Waals surface area contributed by atoms with Crippen molar-refractivity contribution in [1.82, 2.24) is 10.2 Å². The topological polar surface area (TPSA) is 68.2 Å². The van der Waals surface area contributed by atoms with Crippen molar-refractivity contribution in [2.75, 3.05) is 39.0 Å². The monoisotopic (exact) mass is 294 g/mol. The van der Waals surface area contributed by atoms with Gasteiger partial charge in [-0.15, -0.1) is 0 Å². The third kappa shape index (κ3) is 5.57. The summed E-state index contributed by atoms with van der Waals surface area (Å²) >= 11 is 5.91. The van der Waals surface area contributed by atoms with Gasteiger partial charge in [0.05, 0.1) is 17.1 Å². The van der Waals surface area contributed by atoms with Crippen LogP contribution < -0.4 is 10.6 Å². The minimum Gasteiger partial charge on any atom is -0.325 e. The van der Waals surface area contributed by atoms with E-state index in [-0.39, 0.29) is 5.91 Å². The molecule has 1 aromatic carbocycles. The number of hydrogen-bond donors (Lipinski definition) is 2. The normalized spacial score (nSPS) is 10.3. The molecule has 0 saturated carbocycles. The lowest BCUT2D eigenvalue weighted by atomic mass is 10.2. The minimum atomic E-state index is -0.0993. The van der Waals surface area contributed by atoms with Crippen LogP contribution in [0.15, 0.2) is 18.2 Å². The number of amides is 1. The quantitative estimate of drug-likeness (QED) is 0.751. The van der Waals surface area contributed by atoms with Crippen LogP contribution in [-0.2, 0) is 4.79 Å². The van der Waals surface area contributed by atoms with E-state index in [0.717, 1.165) is 19.5 Å². The zero-order valence-corrected chi connectivity index (χ0v) is 12.5. The van der Waals surface area contributed by atoms with Gasteiger partial charge in [0, 0.05) is 5.69 Å². The molecule has 0 aliphatic rings. The maximum absolute atomic E-state index is 11.8. The molecule has 5 nitrogen and oxygen atoms in total. The Labute approximate surface area is 124 Å². The summed E-state index contributed by atoms with van der Waals surface area (Å²) in [4.78, 5) is 13.8. The van der Waals surface area contributed by atoms with Crippen LogP contribution in [0.25, 0.3) is 0 Å². The number of carbonyl (C=O) groups is 1. The van der Waals surface area contributed by atoms with Crippen molar-refractivity contribution in [2.45, 2.75) is 6.42 Å². The standard InChI is InChI=1S/C14H19ClN4O/c1-17-6-3-7-19(2)10-14(20)18-12-5-4-11(9-16)13(15)8-12/h4-5,8,17H,3,6-7,10H2,1-2H3,(H,18,20). The number of likely N-dealkylation sites (N-methyl/N-ethyl adjacent to an activating group) is 1. The first-order valence-corrected chi connectivity index (χ1v) is 6.77. The highest BCUT2D eigenvalue weighted by molar-refractivity contribution is 6.32. The van der Waals surface area contributed by atoms with E-state index >= 15 is 0 Å². The zero-order valence-electron chi connectivity index (χ0n) is 11.7. The van der Waals surface area contributed by atoms with Crippen molar-refractivity contribution in [3.8, 4) is 6.07 Å². The Kier molecular flexibility index (Phi) is 7.02. The van der Waals surface area contributed by atoms with E-state index in [0.29, 0.717) is 22.8 Å². The van der Waals surface area contributed by atoms with Crippen LogP contribution in [0.4, 0.5) is 5.69 Å². The highest BCUT2D eigenvalue weighted by Gasteiger charge is 2.08. The first-order valence-electron chi connectivity index (χ1n) is 6.39. The second kappa shape index (κ2) is 8.54. The largest absolute Gasteiger partial charge is 0.325 e. The molecule has 0 saturated heterocycles. The van der Waals surface area contributed by atoms with Gasteiger partial charge in [-0.1, -0.05) is 11.6 Å². The van der Waals surface area contributed by atoms with Crippen LogP contribution in [0.3, 0.4) is 0 Å². The molecular weight excluding hydrogens is 276 g/mol. The second-order valence-electron chi connectivity index (χ2n) is 4.55. The smallest absolute Gasteiger partial charge is 0.238 e. The average molecular weight is 295 g/mol. The Hall–Kier alpha value is -1.61. The van der Waals surface area contributed by atoms with E-state index in [1.165, 1.54) is 0 Å². The summed E-state index contributed by atoms with van der Waals surface area (Å²) in [7, 11) is 3.81. The van der Waals surface area contributed by atoms with Gasteiger partial charge >= 0.3 is 0 Å². The molecule has 1 aromatic rings. The molecule has 0 radical (unpaired) electrons. The van der Waals surface area contributed by atoms with E-state index in [1.54, 1.807) is 18.2 Å². The van der Waals surface area contributed by atoms with E-state index in [1.807, 2.05) is 25.1 Å². The SMILES string of the molecule is CNCCCN(C)CC(=O)Nc1ccc(C#N)c(Cl)c1. The predicted molar refractivity (Wildman–Crippen MR) is 80.8 cm³/mol. The number of nitriles is 1. The molecule has 20 heavy (non-hydrogen) atoms. The Morgan fingerprint density at radius 2 is 2.25 bits per heavy atom. The molecule has 0 atom stereocenters. The molecule has 0 bridgehead atoms. The molecular formula is C14H19ClN4O. The number of rotatable bonds is 7. The molecule has 0 aromatic heterocycles. The average Bonchev–Trinajstić information content (AvgIpc) is 2.39. The van der Waals surface area contributed by atoms with Crippen molar-refractivity contribution >= 4 is 23.2 Å². The predicted octanol–water partition coefficient (Wildman–Crippen LogP) is 1.69. The molecule has 0 spiro atoms. The summed E-state index contributed by atoms with van der Waals surface area (Å²) in [6.45, 7) is 2.10. The molecule has 0 fully saturated rings. The number of benzene rings is 1. The van der Waals surface area contributed by atoms with Gasteiger partial charge in [-0.25, -0.2) is 0 Å². The van der Waals surface area contributed by atoms with Gasteiger partial charge in [0.25, 0.3) is 0 Å². The van der Waals surface area contributed by atoms with Gasteiger partial charge in [0.2, 0.25) is 5.91 Å². The van der Waals surface area contributed by atoms with Crippen LogP contribution in [0.2, 0.25) is 5.02 Å². The minimum absolute atomic E-state index is 0.0993.